The Bertz CT molecular complexity index is 301. The molecule has 1 rings (SSSR count). The van der Waals surface area contributed by atoms with Crippen molar-refractivity contribution in [3.8, 4) is 0 Å². The molecule has 1 unspecified atom stereocenters. The number of halogens is 1. The Morgan fingerprint density at radius 3 is 2.79 bits per heavy atom. The van der Waals surface area contributed by atoms with Crippen LogP contribution in [-0.4, -0.2) is 13.7 Å². The maximum absolute atomic E-state index is 6.13. The zero-order valence-corrected chi connectivity index (χ0v) is 9.34. The average Bonchev–Trinajstić information content (AvgIpc) is 2.18. The Balaban J connectivity index is 3.08. The van der Waals surface area contributed by atoms with Crippen molar-refractivity contribution < 1.29 is 4.74 Å². The minimum absolute atomic E-state index is 0.272. The molecule has 1 aromatic carbocycles. The molecule has 1 aromatic rings. The highest BCUT2D eigenvalue weighted by Gasteiger charge is 2.12. The monoisotopic (exact) mass is 213 g/mol. The summed E-state index contributed by atoms with van der Waals surface area (Å²) in [6, 6.07) is 5.85. The predicted octanol–water partition coefficient (Wildman–Crippen LogP) is 2.55. The summed E-state index contributed by atoms with van der Waals surface area (Å²) in [5.74, 6) is 0.272. The lowest BCUT2D eigenvalue weighted by atomic mass is 9.96. The van der Waals surface area contributed by atoms with Crippen molar-refractivity contribution in [3.05, 3.63) is 34.3 Å². The summed E-state index contributed by atoms with van der Waals surface area (Å²) in [7, 11) is 1.68. The van der Waals surface area contributed by atoms with E-state index in [0.29, 0.717) is 13.2 Å². The standard InChI is InChI=1S/C11H16ClNO/c1-8(6-13)11-9(7-14-2)4-3-5-10(11)12/h3-5,8H,6-7,13H2,1-2H3. The second-order valence-corrected chi connectivity index (χ2v) is 3.79. The van der Waals surface area contributed by atoms with Crippen LogP contribution in [0.2, 0.25) is 5.02 Å². The fourth-order valence-electron chi connectivity index (χ4n) is 1.53. The SMILES string of the molecule is COCc1cccc(Cl)c1C(C)CN. The summed E-state index contributed by atoms with van der Waals surface area (Å²) < 4.78 is 5.12. The second-order valence-electron chi connectivity index (χ2n) is 3.38. The molecule has 2 nitrogen and oxygen atoms in total. The van der Waals surface area contributed by atoms with E-state index in [1.54, 1.807) is 7.11 Å². The van der Waals surface area contributed by atoms with Gasteiger partial charge in [-0.25, -0.2) is 0 Å². The van der Waals surface area contributed by atoms with Gasteiger partial charge in [0.1, 0.15) is 0 Å². The summed E-state index contributed by atoms with van der Waals surface area (Å²) in [4.78, 5) is 0. The molecule has 0 aromatic heterocycles. The summed E-state index contributed by atoms with van der Waals surface area (Å²) in [6.45, 7) is 3.25. The highest BCUT2D eigenvalue weighted by Crippen LogP contribution is 2.27. The third-order valence-corrected chi connectivity index (χ3v) is 2.62. The van der Waals surface area contributed by atoms with Crippen LogP contribution in [0.3, 0.4) is 0 Å². The Morgan fingerprint density at radius 2 is 2.21 bits per heavy atom. The third kappa shape index (κ3) is 2.47. The molecule has 0 amide bonds. The molecule has 0 radical (unpaired) electrons. The molecule has 1 atom stereocenters. The number of methoxy groups -OCH3 is 1. The molecule has 0 spiro atoms. The van der Waals surface area contributed by atoms with E-state index in [1.165, 1.54) is 0 Å². The van der Waals surface area contributed by atoms with Gasteiger partial charge in [-0.05, 0) is 29.7 Å². The fraction of sp³-hybridized carbons (Fsp3) is 0.455. The molecule has 3 heteroatoms. The van der Waals surface area contributed by atoms with E-state index < -0.39 is 0 Å². The summed E-state index contributed by atoms with van der Waals surface area (Å²) in [5, 5.41) is 0.775. The van der Waals surface area contributed by atoms with Crippen molar-refractivity contribution in [2.24, 2.45) is 5.73 Å². The van der Waals surface area contributed by atoms with E-state index in [4.69, 9.17) is 22.1 Å². The van der Waals surface area contributed by atoms with Gasteiger partial charge in [0.15, 0.2) is 0 Å². The van der Waals surface area contributed by atoms with Crippen LogP contribution in [0.25, 0.3) is 0 Å². The summed E-state index contributed by atoms with van der Waals surface area (Å²) in [6.07, 6.45) is 0. The van der Waals surface area contributed by atoms with Gasteiger partial charge in [0.25, 0.3) is 0 Å². The van der Waals surface area contributed by atoms with Gasteiger partial charge in [-0.3, -0.25) is 0 Å². The van der Waals surface area contributed by atoms with E-state index in [9.17, 15) is 0 Å². The Labute approximate surface area is 90.0 Å². The molecular weight excluding hydrogens is 198 g/mol. The molecule has 0 bridgehead atoms. The quantitative estimate of drug-likeness (QED) is 0.835. The first-order valence-electron chi connectivity index (χ1n) is 4.67. The normalized spacial score (nSPS) is 12.9. The zero-order valence-electron chi connectivity index (χ0n) is 8.59. The number of hydrogen-bond donors (Lipinski definition) is 1. The fourth-order valence-corrected chi connectivity index (χ4v) is 1.91. The molecular formula is C11H16ClNO. The number of benzene rings is 1. The average molecular weight is 214 g/mol. The van der Waals surface area contributed by atoms with Crippen LogP contribution >= 0.6 is 11.6 Å². The first-order valence-corrected chi connectivity index (χ1v) is 5.04. The smallest absolute Gasteiger partial charge is 0.0716 e. The predicted molar refractivity (Wildman–Crippen MR) is 59.6 cm³/mol. The van der Waals surface area contributed by atoms with Gasteiger partial charge < -0.3 is 10.5 Å². The van der Waals surface area contributed by atoms with Gasteiger partial charge in [-0.2, -0.15) is 0 Å². The number of ether oxygens (including phenoxy) is 1. The van der Waals surface area contributed by atoms with Crippen molar-refractivity contribution in [2.75, 3.05) is 13.7 Å². The Morgan fingerprint density at radius 1 is 1.50 bits per heavy atom. The van der Waals surface area contributed by atoms with Crippen molar-refractivity contribution in [1.29, 1.82) is 0 Å². The molecule has 0 aliphatic rings. The van der Waals surface area contributed by atoms with E-state index in [1.807, 2.05) is 18.2 Å². The molecule has 0 aliphatic heterocycles. The van der Waals surface area contributed by atoms with Gasteiger partial charge in [-0.1, -0.05) is 30.7 Å². The molecule has 0 saturated heterocycles. The van der Waals surface area contributed by atoms with Crippen LogP contribution in [0.5, 0.6) is 0 Å². The van der Waals surface area contributed by atoms with Crippen LogP contribution in [0.4, 0.5) is 0 Å². The molecule has 0 fully saturated rings. The highest BCUT2D eigenvalue weighted by atomic mass is 35.5. The van der Waals surface area contributed by atoms with Crippen LogP contribution in [0.1, 0.15) is 24.0 Å². The largest absolute Gasteiger partial charge is 0.380 e. The van der Waals surface area contributed by atoms with E-state index in [2.05, 4.69) is 6.92 Å². The second kappa shape index (κ2) is 5.35. The summed E-state index contributed by atoms with van der Waals surface area (Å²) in [5.41, 5.74) is 7.87. The molecule has 0 heterocycles. The number of hydrogen-bond acceptors (Lipinski definition) is 2. The molecule has 2 N–H and O–H groups in total. The Kier molecular flexibility index (Phi) is 4.39. The van der Waals surface area contributed by atoms with Crippen molar-refractivity contribution in [1.82, 2.24) is 0 Å². The highest BCUT2D eigenvalue weighted by molar-refractivity contribution is 6.31. The van der Waals surface area contributed by atoms with Crippen LogP contribution in [0.15, 0.2) is 18.2 Å². The minimum atomic E-state index is 0.272. The number of rotatable bonds is 4. The van der Waals surface area contributed by atoms with Crippen LogP contribution < -0.4 is 5.73 Å². The van der Waals surface area contributed by atoms with Gasteiger partial charge in [0.2, 0.25) is 0 Å². The maximum atomic E-state index is 6.13. The first kappa shape index (κ1) is 11.5. The van der Waals surface area contributed by atoms with Crippen molar-refractivity contribution in [3.63, 3.8) is 0 Å². The minimum Gasteiger partial charge on any atom is -0.380 e. The first-order chi connectivity index (χ1) is 6.70. The van der Waals surface area contributed by atoms with Gasteiger partial charge in [0.05, 0.1) is 6.61 Å². The lowest BCUT2D eigenvalue weighted by Crippen LogP contribution is -2.12. The lowest BCUT2D eigenvalue weighted by Gasteiger charge is -2.16. The third-order valence-electron chi connectivity index (χ3n) is 2.29. The van der Waals surface area contributed by atoms with E-state index >= 15 is 0 Å². The van der Waals surface area contributed by atoms with Crippen molar-refractivity contribution in [2.45, 2.75) is 19.4 Å². The molecule has 14 heavy (non-hydrogen) atoms. The van der Waals surface area contributed by atoms with Crippen LogP contribution in [-0.2, 0) is 11.3 Å². The lowest BCUT2D eigenvalue weighted by molar-refractivity contribution is 0.184. The van der Waals surface area contributed by atoms with E-state index in [-0.39, 0.29) is 5.92 Å². The van der Waals surface area contributed by atoms with E-state index in [0.717, 1.165) is 16.1 Å². The molecule has 0 saturated carbocycles. The van der Waals surface area contributed by atoms with Crippen LogP contribution in [0, 0.1) is 0 Å². The van der Waals surface area contributed by atoms with Gasteiger partial charge in [-0.15, -0.1) is 0 Å². The maximum Gasteiger partial charge on any atom is 0.0716 e. The molecule has 0 aliphatic carbocycles. The topological polar surface area (TPSA) is 35.2 Å². The summed E-state index contributed by atoms with van der Waals surface area (Å²) >= 11 is 6.13. The Hall–Kier alpha value is -0.570. The van der Waals surface area contributed by atoms with Crippen molar-refractivity contribution >= 4 is 11.6 Å². The molecule has 78 valence electrons. The van der Waals surface area contributed by atoms with Gasteiger partial charge in [0, 0.05) is 12.1 Å². The number of nitrogens with two attached hydrogens (primary N) is 1. The zero-order chi connectivity index (χ0) is 10.6. The van der Waals surface area contributed by atoms with Gasteiger partial charge >= 0.3 is 0 Å².